The minimum atomic E-state index is -0.896. The second kappa shape index (κ2) is 9.87. The van der Waals surface area contributed by atoms with Gasteiger partial charge in [-0.15, -0.1) is 0 Å². The molecule has 1 aromatic rings. The van der Waals surface area contributed by atoms with Crippen LogP contribution in [-0.4, -0.2) is 43.6 Å². The lowest BCUT2D eigenvalue weighted by Gasteiger charge is -2.23. The van der Waals surface area contributed by atoms with E-state index in [0.29, 0.717) is 0 Å². The number of esters is 1. The van der Waals surface area contributed by atoms with Crippen molar-refractivity contribution < 1.29 is 28.7 Å². The van der Waals surface area contributed by atoms with Gasteiger partial charge < -0.3 is 14.4 Å². The van der Waals surface area contributed by atoms with Gasteiger partial charge in [-0.3, -0.25) is 19.7 Å². The standard InChI is InChI=1S/C20H26N2O6/c1-4-13(3)15-8-6-7-9-16(15)22-11-14(10-18(22)24)19(25)28-12-17(23)21-20(26)27-5-2/h6-9,13-14H,4-5,10-12H2,1-3H3,(H,21,23,26)/t13-,14-/m1/s1. The van der Waals surface area contributed by atoms with E-state index < -0.39 is 30.5 Å². The Morgan fingerprint density at radius 1 is 1.21 bits per heavy atom. The zero-order valence-electron chi connectivity index (χ0n) is 16.4. The third-order valence-electron chi connectivity index (χ3n) is 4.69. The molecule has 1 N–H and O–H groups in total. The monoisotopic (exact) mass is 390 g/mol. The molecular formula is C20H26N2O6. The van der Waals surface area contributed by atoms with E-state index in [1.165, 1.54) is 0 Å². The molecule has 0 bridgehead atoms. The van der Waals surface area contributed by atoms with Crippen LogP contribution >= 0.6 is 0 Å². The number of amides is 3. The van der Waals surface area contributed by atoms with E-state index >= 15 is 0 Å². The number of benzene rings is 1. The van der Waals surface area contributed by atoms with Gasteiger partial charge >= 0.3 is 12.1 Å². The molecule has 1 heterocycles. The summed E-state index contributed by atoms with van der Waals surface area (Å²) in [6.45, 7) is 5.49. The van der Waals surface area contributed by atoms with Gasteiger partial charge in [0.2, 0.25) is 5.91 Å². The first-order valence-corrected chi connectivity index (χ1v) is 9.39. The first-order chi connectivity index (χ1) is 13.4. The fraction of sp³-hybridized carbons (Fsp3) is 0.500. The van der Waals surface area contributed by atoms with Crippen molar-refractivity contribution in [2.45, 2.75) is 39.5 Å². The highest BCUT2D eigenvalue weighted by molar-refractivity contribution is 6.00. The summed E-state index contributed by atoms with van der Waals surface area (Å²) in [6, 6.07) is 7.65. The summed E-state index contributed by atoms with van der Waals surface area (Å²) < 4.78 is 9.53. The lowest BCUT2D eigenvalue weighted by Crippen LogP contribution is -2.35. The van der Waals surface area contributed by atoms with Gasteiger partial charge in [0.25, 0.3) is 5.91 Å². The van der Waals surface area contributed by atoms with Crippen molar-refractivity contribution in [1.29, 1.82) is 0 Å². The highest BCUT2D eigenvalue weighted by Gasteiger charge is 2.37. The van der Waals surface area contributed by atoms with Gasteiger partial charge in [0, 0.05) is 18.7 Å². The molecule has 0 unspecified atom stereocenters. The maximum absolute atomic E-state index is 12.5. The smallest absolute Gasteiger partial charge is 0.413 e. The van der Waals surface area contributed by atoms with Crippen LogP contribution in [0.15, 0.2) is 24.3 Å². The molecule has 1 saturated heterocycles. The molecule has 0 aliphatic carbocycles. The minimum absolute atomic E-state index is 0.0210. The van der Waals surface area contributed by atoms with Crippen LogP contribution < -0.4 is 10.2 Å². The number of nitrogens with zero attached hydrogens (tertiary/aromatic N) is 1. The van der Waals surface area contributed by atoms with Crippen LogP contribution in [0.25, 0.3) is 0 Å². The Kier molecular flexibility index (Phi) is 7.54. The molecule has 8 heteroatoms. The number of alkyl carbamates (subject to hydrolysis) is 1. The molecule has 1 fully saturated rings. The van der Waals surface area contributed by atoms with Crippen LogP contribution in [0, 0.1) is 5.92 Å². The van der Waals surface area contributed by atoms with E-state index in [-0.39, 0.29) is 31.4 Å². The van der Waals surface area contributed by atoms with Crippen LogP contribution in [0.3, 0.4) is 0 Å². The van der Waals surface area contributed by atoms with Gasteiger partial charge in [-0.2, -0.15) is 0 Å². The highest BCUT2D eigenvalue weighted by Crippen LogP contribution is 2.33. The molecule has 3 amide bonds. The molecule has 1 aliphatic rings. The molecule has 152 valence electrons. The molecule has 1 aromatic carbocycles. The van der Waals surface area contributed by atoms with E-state index in [0.717, 1.165) is 17.7 Å². The van der Waals surface area contributed by atoms with E-state index in [1.807, 2.05) is 29.6 Å². The van der Waals surface area contributed by atoms with Crippen LogP contribution in [0.2, 0.25) is 0 Å². The summed E-state index contributed by atoms with van der Waals surface area (Å²) in [4.78, 5) is 49.1. The zero-order valence-corrected chi connectivity index (χ0v) is 16.4. The Bertz CT molecular complexity index is 748. The Morgan fingerprint density at radius 2 is 1.93 bits per heavy atom. The number of ether oxygens (including phenoxy) is 2. The Balaban J connectivity index is 1.96. The lowest BCUT2D eigenvalue weighted by atomic mass is 9.96. The van der Waals surface area contributed by atoms with Gasteiger partial charge in [0.1, 0.15) is 0 Å². The Hall–Kier alpha value is -2.90. The van der Waals surface area contributed by atoms with Crippen molar-refractivity contribution in [3.63, 3.8) is 0 Å². The summed E-state index contributed by atoms with van der Waals surface area (Å²) in [5.74, 6) is -1.96. The second-order valence-corrected chi connectivity index (χ2v) is 6.65. The first-order valence-electron chi connectivity index (χ1n) is 9.39. The summed E-state index contributed by atoms with van der Waals surface area (Å²) in [6.07, 6.45) is 0.0557. The minimum Gasteiger partial charge on any atom is -0.455 e. The molecule has 0 aromatic heterocycles. The molecule has 0 saturated carbocycles. The van der Waals surface area contributed by atoms with Crippen LogP contribution in [0.1, 0.15) is 45.1 Å². The third-order valence-corrected chi connectivity index (χ3v) is 4.69. The fourth-order valence-corrected chi connectivity index (χ4v) is 3.04. The van der Waals surface area contributed by atoms with Gasteiger partial charge in [0.15, 0.2) is 6.61 Å². The van der Waals surface area contributed by atoms with Crippen molar-refractivity contribution in [2.24, 2.45) is 5.92 Å². The van der Waals surface area contributed by atoms with E-state index in [1.54, 1.807) is 11.8 Å². The molecule has 2 rings (SSSR count). The van der Waals surface area contributed by atoms with Crippen molar-refractivity contribution in [3.05, 3.63) is 29.8 Å². The second-order valence-electron chi connectivity index (χ2n) is 6.65. The van der Waals surface area contributed by atoms with Crippen LogP contribution in [-0.2, 0) is 23.9 Å². The normalized spacial score (nSPS) is 17.2. The number of rotatable bonds is 7. The van der Waals surface area contributed by atoms with Crippen molar-refractivity contribution >= 4 is 29.6 Å². The number of carbonyl (C=O) groups is 4. The summed E-state index contributed by atoms with van der Waals surface area (Å²) in [5, 5.41) is 1.94. The fourth-order valence-electron chi connectivity index (χ4n) is 3.04. The number of anilines is 1. The van der Waals surface area contributed by atoms with Gasteiger partial charge in [0.05, 0.1) is 12.5 Å². The maximum atomic E-state index is 12.5. The summed E-state index contributed by atoms with van der Waals surface area (Å²) >= 11 is 0. The molecule has 0 spiro atoms. The number of carbonyl (C=O) groups excluding carboxylic acids is 4. The molecule has 8 nitrogen and oxygen atoms in total. The molecule has 2 atom stereocenters. The number of hydrogen-bond acceptors (Lipinski definition) is 6. The van der Waals surface area contributed by atoms with E-state index in [4.69, 9.17) is 4.74 Å². The zero-order chi connectivity index (χ0) is 20.7. The lowest BCUT2D eigenvalue weighted by molar-refractivity contribution is -0.152. The van der Waals surface area contributed by atoms with E-state index in [9.17, 15) is 19.2 Å². The molecular weight excluding hydrogens is 364 g/mol. The van der Waals surface area contributed by atoms with Gasteiger partial charge in [-0.05, 0) is 30.9 Å². The van der Waals surface area contributed by atoms with E-state index in [2.05, 4.69) is 18.6 Å². The van der Waals surface area contributed by atoms with Crippen molar-refractivity contribution in [1.82, 2.24) is 5.32 Å². The number of hydrogen-bond donors (Lipinski definition) is 1. The van der Waals surface area contributed by atoms with Gasteiger partial charge in [-0.25, -0.2) is 4.79 Å². The van der Waals surface area contributed by atoms with Crippen molar-refractivity contribution in [3.8, 4) is 0 Å². The quantitative estimate of drug-likeness (QED) is 0.717. The number of imide groups is 1. The third kappa shape index (κ3) is 5.31. The topological polar surface area (TPSA) is 102 Å². The maximum Gasteiger partial charge on any atom is 0.413 e. The largest absolute Gasteiger partial charge is 0.455 e. The average Bonchev–Trinajstić information content (AvgIpc) is 3.07. The summed E-state index contributed by atoms with van der Waals surface area (Å²) in [7, 11) is 0. The molecule has 0 radical (unpaired) electrons. The summed E-state index contributed by atoms with van der Waals surface area (Å²) in [5.41, 5.74) is 1.86. The van der Waals surface area contributed by atoms with Crippen LogP contribution in [0.4, 0.5) is 10.5 Å². The Labute approximate surface area is 164 Å². The van der Waals surface area contributed by atoms with Crippen LogP contribution in [0.5, 0.6) is 0 Å². The van der Waals surface area contributed by atoms with Gasteiger partial charge in [-0.1, -0.05) is 32.0 Å². The first kappa shape index (κ1) is 21.4. The number of nitrogens with one attached hydrogen (secondary N) is 1. The Morgan fingerprint density at radius 3 is 2.61 bits per heavy atom. The molecule has 28 heavy (non-hydrogen) atoms. The number of para-hydroxylation sites is 1. The highest BCUT2D eigenvalue weighted by atomic mass is 16.6. The average molecular weight is 390 g/mol. The SMILES string of the molecule is CCOC(=O)NC(=O)COC(=O)[C@@H]1CC(=O)N(c2ccccc2[C@H](C)CC)C1. The predicted octanol–water partition coefficient (Wildman–Crippen LogP) is 2.37. The molecule has 1 aliphatic heterocycles. The van der Waals surface area contributed by atoms with Crippen molar-refractivity contribution in [2.75, 3.05) is 24.7 Å². The predicted molar refractivity (Wildman–Crippen MR) is 102 cm³/mol.